The van der Waals surface area contributed by atoms with Gasteiger partial charge in [0.25, 0.3) is 0 Å². The van der Waals surface area contributed by atoms with E-state index in [1.807, 2.05) is 0 Å². The second-order valence-electron chi connectivity index (χ2n) is 1.96. The van der Waals surface area contributed by atoms with Crippen molar-refractivity contribution in [2.75, 3.05) is 5.33 Å². The molecule has 7 heavy (non-hydrogen) atoms. The summed E-state index contributed by atoms with van der Waals surface area (Å²) >= 11 is 3.44. The molecule has 0 N–H and O–H groups in total. The fourth-order valence-corrected chi connectivity index (χ4v) is 1.33. The van der Waals surface area contributed by atoms with E-state index in [0.717, 1.165) is 5.92 Å². The lowest BCUT2D eigenvalue weighted by Crippen LogP contribution is -1.92. The van der Waals surface area contributed by atoms with Crippen LogP contribution in [0.1, 0.15) is 12.8 Å². The highest BCUT2D eigenvalue weighted by Gasteiger charge is 2.06. The molecule has 1 aliphatic carbocycles. The van der Waals surface area contributed by atoms with E-state index in [0.29, 0.717) is 0 Å². The molecule has 40 valence electrons. The lowest BCUT2D eigenvalue weighted by Gasteiger charge is -1.98. The second-order valence-corrected chi connectivity index (χ2v) is 2.61. The Morgan fingerprint density at radius 3 is 2.29 bits per heavy atom. The van der Waals surface area contributed by atoms with Crippen LogP contribution in [0.2, 0.25) is 0 Å². The fraction of sp³-hybridized carbons (Fsp3) is 0.667. The summed E-state index contributed by atoms with van der Waals surface area (Å²) in [6.45, 7) is 0. The van der Waals surface area contributed by atoms with Gasteiger partial charge in [-0.3, -0.25) is 0 Å². The van der Waals surface area contributed by atoms with Crippen molar-refractivity contribution in [2.24, 2.45) is 5.92 Å². The van der Waals surface area contributed by atoms with Gasteiger partial charge in [-0.2, -0.15) is 0 Å². The van der Waals surface area contributed by atoms with E-state index in [1.54, 1.807) is 0 Å². The molecular weight excluding hydrogens is 152 g/mol. The SMILES string of the molecule is BrCC1CC=CC1. The summed E-state index contributed by atoms with van der Waals surface area (Å²) in [7, 11) is 0. The zero-order valence-electron chi connectivity index (χ0n) is 4.23. The maximum Gasteiger partial charge on any atom is 0.00655 e. The van der Waals surface area contributed by atoms with Crippen molar-refractivity contribution in [1.29, 1.82) is 0 Å². The third-order valence-corrected chi connectivity index (χ3v) is 2.24. The molecule has 0 atom stereocenters. The summed E-state index contributed by atoms with van der Waals surface area (Å²) in [5, 5.41) is 1.17. The first-order valence-corrected chi connectivity index (χ1v) is 3.76. The Morgan fingerprint density at radius 1 is 1.43 bits per heavy atom. The molecule has 0 aromatic rings. The van der Waals surface area contributed by atoms with Crippen LogP contribution < -0.4 is 0 Å². The van der Waals surface area contributed by atoms with Crippen molar-refractivity contribution < 1.29 is 0 Å². The molecule has 0 nitrogen and oxygen atoms in total. The average molecular weight is 161 g/mol. The van der Waals surface area contributed by atoms with Crippen LogP contribution >= 0.6 is 15.9 Å². The summed E-state index contributed by atoms with van der Waals surface area (Å²) in [6, 6.07) is 0. The Bertz CT molecular complexity index is 68.2. The van der Waals surface area contributed by atoms with Crippen LogP contribution in [-0.4, -0.2) is 5.33 Å². The van der Waals surface area contributed by atoms with Gasteiger partial charge in [-0.15, -0.1) is 0 Å². The summed E-state index contributed by atoms with van der Waals surface area (Å²) < 4.78 is 0. The third kappa shape index (κ3) is 1.30. The average Bonchev–Trinajstić information content (AvgIpc) is 2.14. The Balaban J connectivity index is 2.22. The highest BCUT2D eigenvalue weighted by atomic mass is 79.9. The quantitative estimate of drug-likeness (QED) is 0.409. The molecule has 1 heteroatoms. The summed E-state index contributed by atoms with van der Waals surface area (Å²) in [6.07, 6.45) is 7.08. The Labute approximate surface area is 52.7 Å². The number of allylic oxidation sites excluding steroid dienone is 2. The second kappa shape index (κ2) is 2.51. The first-order chi connectivity index (χ1) is 3.43. The number of hydrogen-bond donors (Lipinski definition) is 0. The molecule has 0 amide bonds. The van der Waals surface area contributed by atoms with Gasteiger partial charge in [0.2, 0.25) is 0 Å². The van der Waals surface area contributed by atoms with E-state index in [-0.39, 0.29) is 0 Å². The van der Waals surface area contributed by atoms with Crippen molar-refractivity contribution >= 4 is 15.9 Å². The molecule has 1 aliphatic rings. The molecule has 0 unspecified atom stereocenters. The van der Waals surface area contributed by atoms with E-state index in [1.165, 1.54) is 18.2 Å². The minimum absolute atomic E-state index is 0.903. The zero-order chi connectivity index (χ0) is 5.11. The van der Waals surface area contributed by atoms with Gasteiger partial charge in [-0.25, -0.2) is 0 Å². The third-order valence-electron chi connectivity index (χ3n) is 1.32. The molecule has 0 aromatic heterocycles. The standard InChI is InChI=1S/C6H9Br/c7-5-6-3-1-2-4-6/h1-2,6H,3-5H2. The molecule has 0 bridgehead atoms. The van der Waals surface area contributed by atoms with E-state index in [9.17, 15) is 0 Å². The van der Waals surface area contributed by atoms with Crippen molar-refractivity contribution in [3.8, 4) is 0 Å². The van der Waals surface area contributed by atoms with Crippen LogP contribution in [0, 0.1) is 5.92 Å². The highest BCUT2D eigenvalue weighted by molar-refractivity contribution is 9.09. The van der Waals surface area contributed by atoms with Crippen LogP contribution in [0.15, 0.2) is 12.2 Å². The number of rotatable bonds is 1. The summed E-state index contributed by atoms with van der Waals surface area (Å²) in [5.74, 6) is 0.903. The van der Waals surface area contributed by atoms with Gasteiger partial charge in [0.05, 0.1) is 0 Å². The first-order valence-electron chi connectivity index (χ1n) is 2.64. The maximum absolute atomic E-state index is 3.44. The summed E-state index contributed by atoms with van der Waals surface area (Å²) in [4.78, 5) is 0. The van der Waals surface area contributed by atoms with E-state index >= 15 is 0 Å². The molecular formula is C6H9Br. The van der Waals surface area contributed by atoms with Gasteiger partial charge in [0.15, 0.2) is 0 Å². The Kier molecular flexibility index (Phi) is 1.92. The largest absolute Gasteiger partial charge is 0.0925 e. The molecule has 0 aromatic carbocycles. The van der Waals surface area contributed by atoms with Crippen LogP contribution in [-0.2, 0) is 0 Å². The van der Waals surface area contributed by atoms with Crippen LogP contribution in [0.3, 0.4) is 0 Å². The fourth-order valence-electron chi connectivity index (χ4n) is 0.800. The zero-order valence-corrected chi connectivity index (χ0v) is 5.82. The molecule has 0 saturated heterocycles. The topological polar surface area (TPSA) is 0 Å². The molecule has 0 radical (unpaired) electrons. The maximum atomic E-state index is 3.44. The molecule has 0 saturated carbocycles. The Morgan fingerprint density at radius 2 is 2.00 bits per heavy atom. The van der Waals surface area contributed by atoms with Gasteiger partial charge < -0.3 is 0 Å². The Hall–Kier alpha value is 0.220. The molecule has 1 rings (SSSR count). The number of alkyl halides is 1. The first kappa shape index (κ1) is 5.36. The molecule has 0 heterocycles. The highest BCUT2D eigenvalue weighted by Crippen LogP contribution is 2.18. The van der Waals surface area contributed by atoms with Gasteiger partial charge in [-0.1, -0.05) is 28.1 Å². The van der Waals surface area contributed by atoms with E-state index in [4.69, 9.17) is 0 Å². The van der Waals surface area contributed by atoms with Crippen molar-refractivity contribution in [2.45, 2.75) is 12.8 Å². The van der Waals surface area contributed by atoms with Crippen LogP contribution in [0.25, 0.3) is 0 Å². The van der Waals surface area contributed by atoms with Gasteiger partial charge in [-0.05, 0) is 18.8 Å². The van der Waals surface area contributed by atoms with E-state index in [2.05, 4.69) is 28.1 Å². The van der Waals surface area contributed by atoms with Gasteiger partial charge >= 0.3 is 0 Å². The van der Waals surface area contributed by atoms with Crippen LogP contribution in [0.5, 0.6) is 0 Å². The number of halogens is 1. The van der Waals surface area contributed by atoms with Crippen molar-refractivity contribution in [1.82, 2.24) is 0 Å². The minimum Gasteiger partial charge on any atom is -0.0925 e. The normalized spacial score (nSPS) is 21.3. The molecule has 0 fully saturated rings. The molecule has 0 aliphatic heterocycles. The smallest absolute Gasteiger partial charge is 0.00655 e. The van der Waals surface area contributed by atoms with Gasteiger partial charge in [0.1, 0.15) is 0 Å². The van der Waals surface area contributed by atoms with E-state index < -0.39 is 0 Å². The minimum atomic E-state index is 0.903. The number of hydrogen-bond acceptors (Lipinski definition) is 0. The predicted octanol–water partition coefficient (Wildman–Crippen LogP) is 2.35. The molecule has 0 spiro atoms. The van der Waals surface area contributed by atoms with Crippen LogP contribution in [0.4, 0.5) is 0 Å². The van der Waals surface area contributed by atoms with Crippen molar-refractivity contribution in [3.63, 3.8) is 0 Å². The lowest BCUT2D eigenvalue weighted by molar-refractivity contribution is 0.654. The lowest BCUT2D eigenvalue weighted by atomic mass is 10.1. The monoisotopic (exact) mass is 160 g/mol. The van der Waals surface area contributed by atoms with Gasteiger partial charge in [0, 0.05) is 5.33 Å². The summed E-state index contributed by atoms with van der Waals surface area (Å²) in [5.41, 5.74) is 0. The van der Waals surface area contributed by atoms with Crippen molar-refractivity contribution in [3.05, 3.63) is 12.2 Å². The predicted molar refractivity (Wildman–Crippen MR) is 35.7 cm³/mol.